The van der Waals surface area contributed by atoms with Gasteiger partial charge in [-0.2, -0.15) is 0 Å². The summed E-state index contributed by atoms with van der Waals surface area (Å²) in [6.07, 6.45) is 0. The van der Waals surface area contributed by atoms with E-state index >= 15 is 0 Å². The molecule has 122 valence electrons. The van der Waals surface area contributed by atoms with Crippen LogP contribution >= 0.6 is 0 Å². The normalized spacial score (nSPS) is 10.1. The predicted octanol–water partition coefficient (Wildman–Crippen LogP) is 2.78. The van der Waals surface area contributed by atoms with Crippen LogP contribution in [0.15, 0.2) is 36.4 Å². The third-order valence-corrected chi connectivity index (χ3v) is 3.35. The maximum absolute atomic E-state index is 13.6. The quantitative estimate of drug-likeness (QED) is 0.889. The van der Waals surface area contributed by atoms with Crippen LogP contribution in [-0.2, 0) is 6.54 Å². The second kappa shape index (κ2) is 7.49. The minimum atomic E-state index is -0.581. The molecule has 2 rings (SSSR count). The van der Waals surface area contributed by atoms with Gasteiger partial charge in [-0.1, -0.05) is 0 Å². The molecule has 0 aliphatic rings. The van der Waals surface area contributed by atoms with Gasteiger partial charge < -0.3 is 19.5 Å². The van der Waals surface area contributed by atoms with Crippen LogP contribution in [0.2, 0.25) is 0 Å². The van der Waals surface area contributed by atoms with Gasteiger partial charge in [0.15, 0.2) is 11.6 Å². The standard InChI is InChI=1S/C17H18FNO4/c1-21-13-6-4-12(16(9-13)23-3)10-19-17(20)11-5-7-15(22-2)14(18)8-11/h4-9H,10H2,1-3H3,(H,19,20). The van der Waals surface area contributed by atoms with Crippen molar-refractivity contribution in [1.29, 1.82) is 0 Å². The fourth-order valence-corrected chi connectivity index (χ4v) is 2.08. The van der Waals surface area contributed by atoms with Gasteiger partial charge in [-0.05, 0) is 30.3 Å². The molecule has 0 saturated heterocycles. The Kier molecular flexibility index (Phi) is 5.41. The van der Waals surface area contributed by atoms with Crippen molar-refractivity contribution in [3.05, 3.63) is 53.3 Å². The summed E-state index contributed by atoms with van der Waals surface area (Å²) >= 11 is 0. The van der Waals surface area contributed by atoms with Crippen LogP contribution in [0.4, 0.5) is 4.39 Å². The number of halogens is 1. The highest BCUT2D eigenvalue weighted by molar-refractivity contribution is 5.94. The van der Waals surface area contributed by atoms with Gasteiger partial charge in [0, 0.05) is 23.7 Å². The van der Waals surface area contributed by atoms with Crippen molar-refractivity contribution in [2.75, 3.05) is 21.3 Å². The molecular formula is C17H18FNO4. The maximum Gasteiger partial charge on any atom is 0.251 e. The minimum absolute atomic E-state index is 0.0957. The first-order chi connectivity index (χ1) is 11.1. The van der Waals surface area contributed by atoms with Crippen molar-refractivity contribution in [1.82, 2.24) is 5.32 Å². The van der Waals surface area contributed by atoms with E-state index in [9.17, 15) is 9.18 Å². The molecule has 0 aliphatic carbocycles. The van der Waals surface area contributed by atoms with Crippen molar-refractivity contribution < 1.29 is 23.4 Å². The number of methoxy groups -OCH3 is 3. The summed E-state index contributed by atoms with van der Waals surface area (Å²) in [5.41, 5.74) is 1.01. The van der Waals surface area contributed by atoms with E-state index in [1.54, 1.807) is 32.4 Å². The van der Waals surface area contributed by atoms with Gasteiger partial charge >= 0.3 is 0 Å². The Labute approximate surface area is 134 Å². The number of ether oxygens (including phenoxy) is 3. The van der Waals surface area contributed by atoms with Crippen LogP contribution in [0.25, 0.3) is 0 Å². The molecule has 1 amide bonds. The van der Waals surface area contributed by atoms with Crippen molar-refractivity contribution in [2.24, 2.45) is 0 Å². The number of rotatable bonds is 6. The van der Waals surface area contributed by atoms with Gasteiger partial charge in [-0.3, -0.25) is 4.79 Å². The van der Waals surface area contributed by atoms with Crippen LogP contribution in [-0.4, -0.2) is 27.2 Å². The molecule has 0 saturated carbocycles. The third-order valence-electron chi connectivity index (χ3n) is 3.35. The van der Waals surface area contributed by atoms with Gasteiger partial charge in [-0.15, -0.1) is 0 Å². The summed E-state index contributed by atoms with van der Waals surface area (Å²) in [4.78, 5) is 12.1. The number of carbonyl (C=O) groups is 1. The maximum atomic E-state index is 13.6. The van der Waals surface area contributed by atoms with Gasteiger partial charge in [0.05, 0.1) is 21.3 Å². The molecule has 0 atom stereocenters. The lowest BCUT2D eigenvalue weighted by atomic mass is 10.1. The monoisotopic (exact) mass is 319 g/mol. The molecule has 5 nitrogen and oxygen atoms in total. The molecule has 6 heteroatoms. The predicted molar refractivity (Wildman–Crippen MR) is 83.7 cm³/mol. The Hall–Kier alpha value is -2.76. The topological polar surface area (TPSA) is 56.8 Å². The number of hydrogen-bond acceptors (Lipinski definition) is 4. The second-order valence-electron chi connectivity index (χ2n) is 4.71. The fourth-order valence-electron chi connectivity index (χ4n) is 2.08. The Morgan fingerprint density at radius 1 is 1.00 bits per heavy atom. The van der Waals surface area contributed by atoms with E-state index < -0.39 is 5.82 Å². The van der Waals surface area contributed by atoms with Gasteiger partial charge in [0.1, 0.15) is 11.5 Å². The lowest BCUT2D eigenvalue weighted by Gasteiger charge is -2.11. The van der Waals surface area contributed by atoms with Crippen molar-refractivity contribution in [3.63, 3.8) is 0 Å². The number of nitrogens with one attached hydrogen (secondary N) is 1. The molecule has 0 spiro atoms. The molecule has 0 heterocycles. The van der Waals surface area contributed by atoms with E-state index in [1.807, 2.05) is 0 Å². The zero-order valence-electron chi connectivity index (χ0n) is 13.2. The molecule has 0 bridgehead atoms. The second-order valence-corrected chi connectivity index (χ2v) is 4.71. The lowest BCUT2D eigenvalue weighted by molar-refractivity contribution is 0.0950. The van der Waals surface area contributed by atoms with Crippen LogP contribution in [0, 0.1) is 5.82 Å². The highest BCUT2D eigenvalue weighted by atomic mass is 19.1. The molecule has 0 fully saturated rings. The first-order valence-corrected chi connectivity index (χ1v) is 6.91. The molecule has 0 radical (unpaired) electrons. The van der Waals surface area contributed by atoms with E-state index in [1.165, 1.54) is 19.2 Å². The van der Waals surface area contributed by atoms with E-state index in [0.717, 1.165) is 11.6 Å². The minimum Gasteiger partial charge on any atom is -0.497 e. The smallest absolute Gasteiger partial charge is 0.251 e. The summed E-state index contributed by atoms with van der Waals surface area (Å²) in [7, 11) is 4.47. The van der Waals surface area contributed by atoms with Crippen LogP contribution in [0.1, 0.15) is 15.9 Å². The van der Waals surface area contributed by atoms with Crippen molar-refractivity contribution >= 4 is 5.91 Å². The molecule has 2 aromatic carbocycles. The molecule has 0 aliphatic heterocycles. The van der Waals surface area contributed by atoms with E-state index in [-0.39, 0.29) is 23.8 Å². The summed E-state index contributed by atoms with van der Waals surface area (Å²) in [6, 6.07) is 9.36. The van der Waals surface area contributed by atoms with Crippen LogP contribution in [0.5, 0.6) is 17.2 Å². The SMILES string of the molecule is COc1ccc(CNC(=O)c2ccc(OC)c(F)c2)c(OC)c1. The largest absolute Gasteiger partial charge is 0.497 e. The highest BCUT2D eigenvalue weighted by Gasteiger charge is 2.11. The summed E-state index contributed by atoms with van der Waals surface area (Å²) in [5.74, 6) is 0.393. The highest BCUT2D eigenvalue weighted by Crippen LogP contribution is 2.24. The zero-order valence-corrected chi connectivity index (χ0v) is 13.2. The van der Waals surface area contributed by atoms with Gasteiger partial charge in [0.2, 0.25) is 0 Å². The Morgan fingerprint density at radius 3 is 2.35 bits per heavy atom. The first kappa shape index (κ1) is 16.6. The summed E-state index contributed by atoms with van der Waals surface area (Å²) in [6.45, 7) is 0.250. The molecule has 23 heavy (non-hydrogen) atoms. The first-order valence-electron chi connectivity index (χ1n) is 6.91. The van der Waals surface area contributed by atoms with Crippen molar-refractivity contribution in [3.8, 4) is 17.2 Å². The molecule has 0 unspecified atom stereocenters. The number of carbonyl (C=O) groups excluding carboxylic acids is 1. The van der Waals surface area contributed by atoms with Gasteiger partial charge in [-0.25, -0.2) is 4.39 Å². The Balaban J connectivity index is 2.08. The van der Waals surface area contributed by atoms with Crippen LogP contribution in [0.3, 0.4) is 0 Å². The molecule has 2 aromatic rings. The Bertz CT molecular complexity index is 703. The number of amides is 1. The number of benzene rings is 2. The Morgan fingerprint density at radius 2 is 1.74 bits per heavy atom. The van der Waals surface area contributed by atoms with Gasteiger partial charge in [0.25, 0.3) is 5.91 Å². The average Bonchev–Trinajstić information content (AvgIpc) is 2.59. The molecule has 1 N–H and O–H groups in total. The zero-order chi connectivity index (χ0) is 16.8. The van der Waals surface area contributed by atoms with E-state index in [2.05, 4.69) is 5.32 Å². The fraction of sp³-hybridized carbons (Fsp3) is 0.235. The third kappa shape index (κ3) is 3.91. The van der Waals surface area contributed by atoms with E-state index in [4.69, 9.17) is 14.2 Å². The average molecular weight is 319 g/mol. The lowest BCUT2D eigenvalue weighted by Crippen LogP contribution is -2.23. The summed E-state index contributed by atoms with van der Waals surface area (Å²) in [5, 5.41) is 2.72. The van der Waals surface area contributed by atoms with Crippen molar-refractivity contribution in [2.45, 2.75) is 6.54 Å². The summed E-state index contributed by atoms with van der Waals surface area (Å²) < 4.78 is 28.9. The molecular weight excluding hydrogens is 301 g/mol. The molecule has 0 aromatic heterocycles. The van der Waals surface area contributed by atoms with E-state index in [0.29, 0.717) is 11.5 Å². The van der Waals surface area contributed by atoms with Crippen LogP contribution < -0.4 is 19.5 Å². The number of hydrogen-bond donors (Lipinski definition) is 1.